The zero-order chi connectivity index (χ0) is 13.1. The summed E-state index contributed by atoms with van der Waals surface area (Å²) in [4.78, 5) is 0. The molecular weight excluding hydrogens is 222 g/mol. The van der Waals surface area contributed by atoms with Crippen LogP contribution in [-0.2, 0) is 19.9 Å². The summed E-state index contributed by atoms with van der Waals surface area (Å²) in [6, 6.07) is 8.72. The number of nitrogens with zero attached hydrogens (tertiary/aromatic N) is 2. The first kappa shape index (κ1) is 12.8. The van der Waals surface area contributed by atoms with Gasteiger partial charge in [0.15, 0.2) is 0 Å². The topological polar surface area (TPSA) is 43.8 Å². The Hall–Kier alpha value is -1.61. The Bertz CT molecular complexity index is 528. The van der Waals surface area contributed by atoms with E-state index in [-0.39, 0.29) is 6.04 Å². The van der Waals surface area contributed by atoms with Gasteiger partial charge < -0.3 is 5.73 Å². The van der Waals surface area contributed by atoms with Gasteiger partial charge in [0.05, 0.1) is 5.69 Å². The van der Waals surface area contributed by atoms with Gasteiger partial charge in [-0.15, -0.1) is 0 Å². The number of rotatable bonds is 4. The van der Waals surface area contributed by atoms with Crippen LogP contribution in [0.3, 0.4) is 0 Å². The Labute approximate surface area is 109 Å². The number of aryl methyl sites for hydroxylation is 3. The highest BCUT2D eigenvalue weighted by Crippen LogP contribution is 2.12. The van der Waals surface area contributed by atoms with E-state index in [1.807, 2.05) is 24.0 Å². The van der Waals surface area contributed by atoms with Crippen molar-refractivity contribution in [2.24, 2.45) is 12.8 Å². The van der Waals surface area contributed by atoms with Gasteiger partial charge in [0.2, 0.25) is 0 Å². The van der Waals surface area contributed by atoms with Crippen LogP contribution in [0.4, 0.5) is 0 Å². The van der Waals surface area contributed by atoms with Crippen LogP contribution >= 0.6 is 0 Å². The van der Waals surface area contributed by atoms with Gasteiger partial charge >= 0.3 is 0 Å². The zero-order valence-corrected chi connectivity index (χ0v) is 11.4. The average Bonchev–Trinajstić information content (AvgIpc) is 2.69. The second kappa shape index (κ2) is 5.36. The maximum atomic E-state index is 6.19. The highest BCUT2D eigenvalue weighted by Gasteiger charge is 2.08. The van der Waals surface area contributed by atoms with E-state index >= 15 is 0 Å². The summed E-state index contributed by atoms with van der Waals surface area (Å²) >= 11 is 0. The molecule has 0 aliphatic carbocycles. The summed E-state index contributed by atoms with van der Waals surface area (Å²) in [7, 11) is 1.93. The summed E-state index contributed by atoms with van der Waals surface area (Å²) in [5.74, 6) is 0. The zero-order valence-electron chi connectivity index (χ0n) is 11.4. The molecule has 0 aliphatic rings. The third-order valence-electron chi connectivity index (χ3n) is 3.31. The van der Waals surface area contributed by atoms with Gasteiger partial charge in [-0.05, 0) is 43.0 Å². The normalized spacial score (nSPS) is 12.7. The fourth-order valence-corrected chi connectivity index (χ4v) is 2.15. The van der Waals surface area contributed by atoms with E-state index < -0.39 is 0 Å². The summed E-state index contributed by atoms with van der Waals surface area (Å²) in [6.07, 6.45) is 3.68. The van der Waals surface area contributed by atoms with Crippen molar-refractivity contribution in [1.29, 1.82) is 0 Å². The summed E-state index contributed by atoms with van der Waals surface area (Å²) in [5, 5.41) is 4.36. The number of benzene rings is 1. The molecule has 1 unspecified atom stereocenters. The Morgan fingerprint density at radius 1 is 1.17 bits per heavy atom. The molecule has 1 atom stereocenters. The fraction of sp³-hybridized carbons (Fsp3) is 0.400. The molecular formula is C15H21N3. The van der Waals surface area contributed by atoms with Crippen LogP contribution in [0.15, 0.2) is 30.5 Å². The molecule has 0 amide bonds. The van der Waals surface area contributed by atoms with Crippen molar-refractivity contribution in [3.8, 4) is 0 Å². The highest BCUT2D eigenvalue weighted by molar-refractivity contribution is 5.30. The van der Waals surface area contributed by atoms with Gasteiger partial charge in [0.25, 0.3) is 0 Å². The molecule has 2 N–H and O–H groups in total. The number of aromatic nitrogens is 2. The van der Waals surface area contributed by atoms with Gasteiger partial charge in [-0.25, -0.2) is 0 Å². The van der Waals surface area contributed by atoms with Crippen LogP contribution in [0.5, 0.6) is 0 Å². The molecule has 0 radical (unpaired) electrons. The minimum Gasteiger partial charge on any atom is -0.327 e. The number of hydrogen-bond donors (Lipinski definition) is 1. The second-order valence-corrected chi connectivity index (χ2v) is 5.07. The van der Waals surface area contributed by atoms with E-state index in [0.29, 0.717) is 0 Å². The molecule has 0 aliphatic heterocycles. The molecule has 2 aromatic rings. The van der Waals surface area contributed by atoms with E-state index in [1.54, 1.807) is 0 Å². The smallest absolute Gasteiger partial charge is 0.0640 e. The molecule has 0 bridgehead atoms. The van der Waals surface area contributed by atoms with Gasteiger partial charge in [0.1, 0.15) is 0 Å². The second-order valence-electron chi connectivity index (χ2n) is 5.07. The summed E-state index contributed by atoms with van der Waals surface area (Å²) in [6.45, 7) is 4.27. The van der Waals surface area contributed by atoms with E-state index in [0.717, 1.165) is 18.5 Å². The molecule has 0 spiro atoms. The first-order chi connectivity index (χ1) is 8.54. The van der Waals surface area contributed by atoms with Crippen LogP contribution in [0.25, 0.3) is 0 Å². The Morgan fingerprint density at radius 2 is 1.94 bits per heavy atom. The lowest BCUT2D eigenvalue weighted by molar-refractivity contribution is 0.638. The molecule has 1 heterocycles. The molecule has 2 rings (SSSR count). The molecule has 3 heteroatoms. The minimum absolute atomic E-state index is 0.127. The number of hydrogen-bond acceptors (Lipinski definition) is 2. The molecule has 0 saturated heterocycles. The minimum atomic E-state index is 0.127. The number of nitrogens with two attached hydrogens (primary N) is 1. The van der Waals surface area contributed by atoms with Gasteiger partial charge in [-0.2, -0.15) is 5.10 Å². The molecule has 1 aromatic carbocycles. The predicted octanol–water partition coefficient (Wildman–Crippen LogP) is 2.15. The maximum Gasteiger partial charge on any atom is 0.0640 e. The average molecular weight is 243 g/mol. The van der Waals surface area contributed by atoms with Gasteiger partial charge in [0, 0.05) is 25.7 Å². The van der Waals surface area contributed by atoms with Crippen LogP contribution in [-0.4, -0.2) is 15.8 Å². The SMILES string of the molecule is Cc1ccc(CC(N)Cc2ccn(C)n2)cc1C. The molecule has 0 saturated carbocycles. The summed E-state index contributed by atoms with van der Waals surface area (Å²) < 4.78 is 1.82. The third kappa shape index (κ3) is 3.20. The highest BCUT2D eigenvalue weighted by atomic mass is 15.2. The molecule has 1 aromatic heterocycles. The van der Waals surface area contributed by atoms with E-state index in [9.17, 15) is 0 Å². The van der Waals surface area contributed by atoms with Crippen LogP contribution in [0.1, 0.15) is 22.4 Å². The van der Waals surface area contributed by atoms with Crippen molar-refractivity contribution in [3.63, 3.8) is 0 Å². The Balaban J connectivity index is 1.98. The Kier molecular flexibility index (Phi) is 3.82. The first-order valence-electron chi connectivity index (χ1n) is 6.35. The van der Waals surface area contributed by atoms with E-state index in [2.05, 4.69) is 37.1 Å². The van der Waals surface area contributed by atoms with Crippen molar-refractivity contribution in [2.75, 3.05) is 0 Å². The molecule has 0 fully saturated rings. The third-order valence-corrected chi connectivity index (χ3v) is 3.31. The fourth-order valence-electron chi connectivity index (χ4n) is 2.15. The molecule has 96 valence electrons. The first-order valence-corrected chi connectivity index (χ1v) is 6.35. The van der Waals surface area contributed by atoms with Crippen molar-refractivity contribution >= 4 is 0 Å². The standard InChI is InChI=1S/C15H21N3/c1-11-4-5-13(8-12(11)2)9-14(16)10-15-6-7-18(3)17-15/h4-8,14H,9-10,16H2,1-3H3. The predicted molar refractivity (Wildman–Crippen MR) is 74.5 cm³/mol. The lowest BCUT2D eigenvalue weighted by Crippen LogP contribution is -2.25. The lowest BCUT2D eigenvalue weighted by Gasteiger charge is -2.11. The Morgan fingerprint density at radius 3 is 2.56 bits per heavy atom. The van der Waals surface area contributed by atoms with Crippen molar-refractivity contribution in [1.82, 2.24) is 9.78 Å². The molecule has 18 heavy (non-hydrogen) atoms. The van der Waals surface area contributed by atoms with Gasteiger partial charge in [-0.3, -0.25) is 4.68 Å². The quantitative estimate of drug-likeness (QED) is 0.894. The maximum absolute atomic E-state index is 6.19. The van der Waals surface area contributed by atoms with Crippen molar-refractivity contribution in [3.05, 3.63) is 52.8 Å². The van der Waals surface area contributed by atoms with E-state index in [1.165, 1.54) is 16.7 Å². The summed E-state index contributed by atoms with van der Waals surface area (Å²) in [5.41, 5.74) is 11.2. The van der Waals surface area contributed by atoms with Gasteiger partial charge in [-0.1, -0.05) is 18.2 Å². The molecule has 3 nitrogen and oxygen atoms in total. The van der Waals surface area contributed by atoms with Crippen LogP contribution in [0.2, 0.25) is 0 Å². The van der Waals surface area contributed by atoms with Crippen LogP contribution in [0, 0.1) is 13.8 Å². The van der Waals surface area contributed by atoms with Crippen LogP contribution < -0.4 is 5.73 Å². The van der Waals surface area contributed by atoms with E-state index in [4.69, 9.17) is 5.73 Å². The largest absolute Gasteiger partial charge is 0.327 e. The van der Waals surface area contributed by atoms with Crippen molar-refractivity contribution < 1.29 is 0 Å². The lowest BCUT2D eigenvalue weighted by atomic mass is 9.99. The monoisotopic (exact) mass is 243 g/mol. The van der Waals surface area contributed by atoms with Crippen molar-refractivity contribution in [2.45, 2.75) is 32.7 Å².